The number of rotatable bonds is 5. The van der Waals surface area contributed by atoms with Crippen molar-refractivity contribution in [3.63, 3.8) is 0 Å². The summed E-state index contributed by atoms with van der Waals surface area (Å²) in [5, 5.41) is 3.31. The third kappa shape index (κ3) is 4.65. The van der Waals surface area contributed by atoms with Gasteiger partial charge in [-0.2, -0.15) is 0 Å². The molecule has 1 aliphatic heterocycles. The number of amides is 1. The number of hydrogen-bond donors (Lipinski definition) is 1. The Morgan fingerprint density at radius 1 is 1.27 bits per heavy atom. The van der Waals surface area contributed by atoms with Crippen molar-refractivity contribution < 1.29 is 18.7 Å². The molecule has 1 heterocycles. The smallest absolute Gasteiger partial charge is 0.261 e. The van der Waals surface area contributed by atoms with E-state index in [0.717, 1.165) is 17.9 Å². The van der Waals surface area contributed by atoms with Gasteiger partial charge < -0.3 is 19.7 Å². The van der Waals surface area contributed by atoms with Gasteiger partial charge in [-0.05, 0) is 18.2 Å². The highest BCUT2D eigenvalue weighted by molar-refractivity contribution is 5.85. The zero-order chi connectivity index (χ0) is 17.6. The van der Waals surface area contributed by atoms with E-state index in [1.165, 1.54) is 12.1 Å². The normalized spacial score (nSPS) is 16.5. The van der Waals surface area contributed by atoms with Crippen LogP contribution in [0.3, 0.4) is 0 Å². The molecular weight excluding hydrogens is 359 g/mol. The zero-order valence-electron chi connectivity index (χ0n) is 14.5. The molecule has 140 valence electrons. The molecule has 0 spiro atoms. The van der Waals surface area contributed by atoms with Crippen molar-refractivity contribution in [3.05, 3.63) is 59.9 Å². The summed E-state index contributed by atoms with van der Waals surface area (Å²) in [6.45, 7) is 1.81. The van der Waals surface area contributed by atoms with Gasteiger partial charge in [-0.25, -0.2) is 4.39 Å². The number of carbonyl (C=O) groups is 1. The lowest BCUT2D eigenvalue weighted by Crippen LogP contribution is -2.50. The van der Waals surface area contributed by atoms with Crippen LogP contribution in [0.1, 0.15) is 11.6 Å². The summed E-state index contributed by atoms with van der Waals surface area (Å²) < 4.78 is 24.1. The Morgan fingerprint density at radius 3 is 2.85 bits per heavy atom. The van der Waals surface area contributed by atoms with Crippen LogP contribution >= 0.6 is 12.4 Å². The fraction of sp³-hybridized carbons (Fsp3) is 0.316. The van der Waals surface area contributed by atoms with Gasteiger partial charge in [-0.15, -0.1) is 12.4 Å². The van der Waals surface area contributed by atoms with E-state index in [1.54, 1.807) is 24.1 Å². The van der Waals surface area contributed by atoms with Gasteiger partial charge >= 0.3 is 0 Å². The van der Waals surface area contributed by atoms with E-state index in [4.69, 9.17) is 9.47 Å². The maximum absolute atomic E-state index is 13.2. The summed E-state index contributed by atoms with van der Waals surface area (Å²) in [6.07, 6.45) is 0. The quantitative estimate of drug-likeness (QED) is 0.866. The lowest BCUT2D eigenvalue weighted by molar-refractivity contribution is -0.136. The predicted molar refractivity (Wildman–Crippen MR) is 99.5 cm³/mol. The highest BCUT2D eigenvalue weighted by atomic mass is 35.5. The molecule has 0 aromatic heterocycles. The van der Waals surface area contributed by atoms with Crippen LogP contribution in [-0.2, 0) is 4.79 Å². The molecule has 1 fully saturated rings. The zero-order valence-corrected chi connectivity index (χ0v) is 15.3. The van der Waals surface area contributed by atoms with Crippen molar-refractivity contribution in [1.82, 2.24) is 10.2 Å². The Balaban J connectivity index is 0.00000243. The standard InChI is InChI=1S/C19H21FN2O3.ClH/c1-24-18-8-3-2-7-16(18)17-12-21-9-10-22(17)19(23)13-25-15-6-4-5-14(20)11-15;/h2-8,11,17,21H,9-10,12-13H2,1H3;1H. The maximum Gasteiger partial charge on any atom is 0.261 e. The van der Waals surface area contributed by atoms with Gasteiger partial charge in [-0.3, -0.25) is 4.79 Å². The van der Waals surface area contributed by atoms with E-state index < -0.39 is 0 Å². The molecule has 0 saturated carbocycles. The number of nitrogens with zero attached hydrogens (tertiary/aromatic N) is 1. The number of ether oxygens (including phenoxy) is 2. The van der Waals surface area contributed by atoms with Crippen molar-refractivity contribution in [2.45, 2.75) is 6.04 Å². The molecule has 26 heavy (non-hydrogen) atoms. The summed E-state index contributed by atoms with van der Waals surface area (Å²) in [5.41, 5.74) is 0.955. The number of nitrogens with one attached hydrogen (secondary N) is 1. The maximum atomic E-state index is 13.2. The third-order valence-electron chi connectivity index (χ3n) is 4.22. The summed E-state index contributed by atoms with van der Waals surface area (Å²) in [4.78, 5) is 14.5. The second-order valence-corrected chi connectivity index (χ2v) is 5.80. The molecule has 5 nitrogen and oxygen atoms in total. The van der Waals surface area contributed by atoms with Gasteiger partial charge in [0.1, 0.15) is 17.3 Å². The number of hydrogen-bond acceptors (Lipinski definition) is 4. The monoisotopic (exact) mass is 380 g/mol. The van der Waals surface area contributed by atoms with E-state index in [0.29, 0.717) is 18.8 Å². The molecule has 1 saturated heterocycles. The molecular formula is C19H22ClFN2O3. The van der Waals surface area contributed by atoms with Gasteiger partial charge in [-0.1, -0.05) is 24.3 Å². The van der Waals surface area contributed by atoms with Crippen LogP contribution in [-0.4, -0.2) is 44.2 Å². The van der Waals surface area contributed by atoms with Gasteiger partial charge in [0.15, 0.2) is 6.61 Å². The van der Waals surface area contributed by atoms with E-state index in [2.05, 4.69) is 5.32 Å². The van der Waals surface area contributed by atoms with E-state index >= 15 is 0 Å². The van der Waals surface area contributed by atoms with Gasteiger partial charge in [0, 0.05) is 31.3 Å². The Kier molecular flexibility index (Phi) is 7.24. The summed E-state index contributed by atoms with van der Waals surface area (Å²) in [6, 6.07) is 13.3. The summed E-state index contributed by atoms with van der Waals surface area (Å²) in [5.74, 6) is 0.568. The van der Waals surface area contributed by atoms with Crippen molar-refractivity contribution in [3.8, 4) is 11.5 Å². The van der Waals surface area contributed by atoms with Crippen LogP contribution in [0.25, 0.3) is 0 Å². The highest BCUT2D eigenvalue weighted by Gasteiger charge is 2.29. The van der Waals surface area contributed by atoms with Crippen molar-refractivity contribution >= 4 is 18.3 Å². The largest absolute Gasteiger partial charge is 0.496 e. The molecule has 2 aromatic rings. The topological polar surface area (TPSA) is 50.8 Å². The first-order valence-electron chi connectivity index (χ1n) is 8.20. The molecule has 0 aliphatic carbocycles. The minimum Gasteiger partial charge on any atom is -0.496 e. The predicted octanol–water partition coefficient (Wildman–Crippen LogP) is 2.81. The van der Waals surface area contributed by atoms with Crippen LogP contribution in [0.2, 0.25) is 0 Å². The van der Waals surface area contributed by atoms with E-state index in [1.807, 2.05) is 24.3 Å². The van der Waals surface area contributed by atoms with Crippen molar-refractivity contribution in [2.24, 2.45) is 0 Å². The van der Waals surface area contributed by atoms with Crippen molar-refractivity contribution in [2.75, 3.05) is 33.4 Å². The van der Waals surface area contributed by atoms with Crippen LogP contribution in [0.4, 0.5) is 4.39 Å². The minimum atomic E-state index is -0.390. The molecule has 1 atom stereocenters. The van der Waals surface area contributed by atoms with E-state index in [9.17, 15) is 9.18 Å². The number of halogens is 2. The highest BCUT2D eigenvalue weighted by Crippen LogP contribution is 2.30. The van der Waals surface area contributed by atoms with Gasteiger partial charge in [0.05, 0.1) is 13.2 Å². The first kappa shape index (κ1) is 20.0. The lowest BCUT2D eigenvalue weighted by atomic mass is 10.0. The molecule has 7 heteroatoms. The Morgan fingerprint density at radius 2 is 2.08 bits per heavy atom. The average molecular weight is 381 g/mol. The van der Waals surface area contributed by atoms with Gasteiger partial charge in [0.2, 0.25) is 0 Å². The molecule has 0 bridgehead atoms. The Hall–Kier alpha value is -2.31. The number of methoxy groups -OCH3 is 1. The molecule has 3 rings (SSSR count). The minimum absolute atomic E-state index is 0. The van der Waals surface area contributed by atoms with Crippen LogP contribution < -0.4 is 14.8 Å². The number of carbonyl (C=O) groups excluding carboxylic acids is 1. The van der Waals surface area contributed by atoms with Crippen LogP contribution in [0, 0.1) is 5.82 Å². The number of para-hydroxylation sites is 1. The molecule has 2 aromatic carbocycles. The fourth-order valence-electron chi connectivity index (χ4n) is 3.01. The number of piperazine rings is 1. The first-order chi connectivity index (χ1) is 12.2. The Bertz CT molecular complexity index is 744. The van der Waals surface area contributed by atoms with Crippen LogP contribution in [0.5, 0.6) is 11.5 Å². The summed E-state index contributed by atoms with van der Waals surface area (Å²) >= 11 is 0. The van der Waals surface area contributed by atoms with Crippen LogP contribution in [0.15, 0.2) is 48.5 Å². The SMILES string of the molecule is COc1ccccc1C1CNCCN1C(=O)COc1cccc(F)c1.Cl. The summed E-state index contributed by atoms with van der Waals surface area (Å²) in [7, 11) is 1.62. The molecule has 1 N–H and O–H groups in total. The second-order valence-electron chi connectivity index (χ2n) is 5.80. The third-order valence-corrected chi connectivity index (χ3v) is 4.22. The van der Waals surface area contributed by atoms with Crippen molar-refractivity contribution in [1.29, 1.82) is 0 Å². The van der Waals surface area contributed by atoms with E-state index in [-0.39, 0.29) is 36.8 Å². The lowest BCUT2D eigenvalue weighted by Gasteiger charge is -2.37. The fourth-order valence-corrected chi connectivity index (χ4v) is 3.01. The average Bonchev–Trinajstić information content (AvgIpc) is 2.66. The van der Waals surface area contributed by atoms with Gasteiger partial charge in [0.25, 0.3) is 5.91 Å². The second kappa shape index (κ2) is 9.40. The molecule has 0 radical (unpaired) electrons. The number of benzene rings is 2. The molecule has 1 unspecified atom stereocenters. The first-order valence-corrected chi connectivity index (χ1v) is 8.20. The Labute approximate surface area is 158 Å². The molecule has 1 aliphatic rings. The molecule has 1 amide bonds.